The summed E-state index contributed by atoms with van der Waals surface area (Å²) in [7, 11) is 0. The SMILES string of the molecule is CC(Cl)c1ncc(-c2cnn3ccccc23)o1. The van der Waals surface area contributed by atoms with Crippen molar-refractivity contribution >= 4 is 17.1 Å². The van der Waals surface area contributed by atoms with Crippen LogP contribution in [0.2, 0.25) is 0 Å². The normalized spacial score (nSPS) is 13.1. The van der Waals surface area contributed by atoms with Gasteiger partial charge in [0.2, 0.25) is 5.89 Å². The monoisotopic (exact) mass is 247 g/mol. The van der Waals surface area contributed by atoms with Crippen molar-refractivity contribution in [3.63, 3.8) is 0 Å². The van der Waals surface area contributed by atoms with E-state index in [1.807, 2.05) is 31.3 Å². The van der Waals surface area contributed by atoms with Crippen LogP contribution in [0.15, 0.2) is 41.2 Å². The molecule has 0 aliphatic heterocycles. The number of fused-ring (bicyclic) bond motifs is 1. The number of oxazole rings is 1. The molecule has 0 aliphatic rings. The molecule has 0 fully saturated rings. The highest BCUT2D eigenvalue weighted by Crippen LogP contribution is 2.28. The minimum Gasteiger partial charge on any atom is -0.439 e. The maximum absolute atomic E-state index is 5.92. The Balaban J connectivity index is 2.14. The van der Waals surface area contributed by atoms with E-state index in [0.29, 0.717) is 11.7 Å². The number of rotatable bonds is 2. The van der Waals surface area contributed by atoms with Crippen LogP contribution in [0.1, 0.15) is 18.2 Å². The van der Waals surface area contributed by atoms with Crippen LogP contribution >= 0.6 is 11.6 Å². The first kappa shape index (κ1) is 10.4. The van der Waals surface area contributed by atoms with Crippen LogP contribution in [0.4, 0.5) is 0 Å². The number of alkyl halides is 1. The van der Waals surface area contributed by atoms with Gasteiger partial charge in [-0.3, -0.25) is 0 Å². The lowest BCUT2D eigenvalue weighted by Gasteiger charge is -1.95. The first-order valence-corrected chi connectivity index (χ1v) is 5.72. The molecule has 17 heavy (non-hydrogen) atoms. The van der Waals surface area contributed by atoms with E-state index < -0.39 is 0 Å². The van der Waals surface area contributed by atoms with Gasteiger partial charge in [0, 0.05) is 6.20 Å². The molecule has 3 aromatic heterocycles. The third-order valence-electron chi connectivity index (χ3n) is 2.56. The van der Waals surface area contributed by atoms with Crippen molar-refractivity contribution < 1.29 is 4.42 Å². The van der Waals surface area contributed by atoms with Gasteiger partial charge in [-0.05, 0) is 19.1 Å². The molecule has 3 rings (SSSR count). The summed E-state index contributed by atoms with van der Waals surface area (Å²) in [6, 6.07) is 5.87. The van der Waals surface area contributed by atoms with E-state index in [2.05, 4.69) is 10.1 Å². The van der Waals surface area contributed by atoms with Crippen LogP contribution in [-0.4, -0.2) is 14.6 Å². The second-order valence-electron chi connectivity index (χ2n) is 3.77. The maximum atomic E-state index is 5.92. The van der Waals surface area contributed by atoms with Gasteiger partial charge in [0.05, 0.1) is 23.5 Å². The Labute approximate surface area is 103 Å². The van der Waals surface area contributed by atoms with Crippen LogP contribution < -0.4 is 0 Å². The number of pyridine rings is 1. The molecule has 0 amide bonds. The minimum absolute atomic E-state index is 0.231. The molecular formula is C12H10ClN3O. The van der Waals surface area contributed by atoms with Crippen LogP contribution in [-0.2, 0) is 0 Å². The number of nitrogens with zero attached hydrogens (tertiary/aromatic N) is 3. The fourth-order valence-corrected chi connectivity index (χ4v) is 1.82. The Morgan fingerprint density at radius 2 is 2.24 bits per heavy atom. The summed E-state index contributed by atoms with van der Waals surface area (Å²) >= 11 is 5.92. The molecule has 0 N–H and O–H groups in total. The maximum Gasteiger partial charge on any atom is 0.212 e. The van der Waals surface area contributed by atoms with E-state index in [1.165, 1.54) is 0 Å². The lowest BCUT2D eigenvalue weighted by atomic mass is 10.2. The summed E-state index contributed by atoms with van der Waals surface area (Å²) < 4.78 is 7.39. The zero-order valence-corrected chi connectivity index (χ0v) is 9.93. The fourth-order valence-electron chi connectivity index (χ4n) is 1.72. The highest BCUT2D eigenvalue weighted by Gasteiger charge is 2.13. The fraction of sp³-hybridized carbons (Fsp3) is 0.167. The summed E-state index contributed by atoms with van der Waals surface area (Å²) in [6.45, 7) is 1.83. The minimum atomic E-state index is -0.231. The number of hydrogen-bond acceptors (Lipinski definition) is 3. The quantitative estimate of drug-likeness (QED) is 0.653. The molecule has 3 aromatic rings. The standard InChI is InChI=1S/C12H10ClN3O/c1-8(13)12-14-7-11(17-12)9-6-15-16-5-3-2-4-10(9)16/h2-8H,1H3. The van der Waals surface area contributed by atoms with Crippen molar-refractivity contribution in [1.82, 2.24) is 14.6 Å². The topological polar surface area (TPSA) is 43.3 Å². The highest BCUT2D eigenvalue weighted by molar-refractivity contribution is 6.20. The molecule has 0 saturated carbocycles. The molecule has 0 bridgehead atoms. The lowest BCUT2D eigenvalue weighted by Crippen LogP contribution is -1.83. The third kappa shape index (κ3) is 1.70. The first-order valence-electron chi connectivity index (χ1n) is 5.28. The average Bonchev–Trinajstić information content (AvgIpc) is 2.95. The number of hydrogen-bond donors (Lipinski definition) is 0. The Hall–Kier alpha value is -1.81. The van der Waals surface area contributed by atoms with Gasteiger partial charge in [-0.1, -0.05) is 6.07 Å². The predicted octanol–water partition coefficient (Wildman–Crippen LogP) is 3.29. The van der Waals surface area contributed by atoms with E-state index in [-0.39, 0.29) is 5.38 Å². The van der Waals surface area contributed by atoms with E-state index in [9.17, 15) is 0 Å². The van der Waals surface area contributed by atoms with Crippen LogP contribution in [0, 0.1) is 0 Å². The van der Waals surface area contributed by atoms with E-state index >= 15 is 0 Å². The molecule has 0 aliphatic carbocycles. The van der Waals surface area contributed by atoms with Crippen molar-refractivity contribution in [2.24, 2.45) is 0 Å². The molecule has 1 unspecified atom stereocenters. The summed E-state index contributed by atoms with van der Waals surface area (Å²) in [5, 5.41) is 4.01. The summed E-state index contributed by atoms with van der Waals surface area (Å²) in [5.41, 5.74) is 1.90. The highest BCUT2D eigenvalue weighted by atomic mass is 35.5. The van der Waals surface area contributed by atoms with Crippen LogP contribution in [0.25, 0.3) is 16.8 Å². The molecule has 1 atom stereocenters. The molecule has 0 aromatic carbocycles. The first-order chi connectivity index (χ1) is 8.25. The van der Waals surface area contributed by atoms with Crippen molar-refractivity contribution in [1.29, 1.82) is 0 Å². The van der Waals surface area contributed by atoms with Gasteiger partial charge in [-0.2, -0.15) is 5.10 Å². The molecule has 5 heteroatoms. The summed E-state index contributed by atoms with van der Waals surface area (Å²) in [5.74, 6) is 1.21. The zero-order valence-electron chi connectivity index (χ0n) is 9.17. The van der Waals surface area contributed by atoms with E-state index in [1.54, 1.807) is 16.9 Å². The predicted molar refractivity (Wildman–Crippen MR) is 65.0 cm³/mol. The zero-order chi connectivity index (χ0) is 11.8. The molecule has 86 valence electrons. The van der Waals surface area contributed by atoms with Crippen LogP contribution in [0.3, 0.4) is 0 Å². The molecule has 3 heterocycles. The molecule has 4 nitrogen and oxygen atoms in total. The molecular weight excluding hydrogens is 238 g/mol. The van der Waals surface area contributed by atoms with Crippen molar-refractivity contribution in [3.8, 4) is 11.3 Å². The lowest BCUT2D eigenvalue weighted by molar-refractivity contribution is 0.508. The van der Waals surface area contributed by atoms with Gasteiger partial charge >= 0.3 is 0 Å². The largest absolute Gasteiger partial charge is 0.439 e. The van der Waals surface area contributed by atoms with Crippen molar-refractivity contribution in [3.05, 3.63) is 42.7 Å². The Kier molecular flexibility index (Phi) is 2.37. The third-order valence-corrected chi connectivity index (χ3v) is 2.74. The summed E-state index contributed by atoms with van der Waals surface area (Å²) in [4.78, 5) is 4.14. The number of aromatic nitrogens is 3. The smallest absolute Gasteiger partial charge is 0.212 e. The van der Waals surface area contributed by atoms with Crippen molar-refractivity contribution in [2.45, 2.75) is 12.3 Å². The number of halogens is 1. The molecule has 0 spiro atoms. The van der Waals surface area contributed by atoms with Crippen LogP contribution in [0.5, 0.6) is 0 Å². The Morgan fingerprint density at radius 3 is 3.00 bits per heavy atom. The Bertz CT molecular complexity index is 656. The van der Waals surface area contributed by atoms with Gasteiger partial charge in [-0.15, -0.1) is 11.6 Å². The van der Waals surface area contributed by atoms with Gasteiger partial charge in [0.1, 0.15) is 5.38 Å². The van der Waals surface area contributed by atoms with Gasteiger partial charge in [0.25, 0.3) is 0 Å². The van der Waals surface area contributed by atoms with Gasteiger partial charge in [-0.25, -0.2) is 9.50 Å². The van der Waals surface area contributed by atoms with E-state index in [4.69, 9.17) is 16.0 Å². The van der Waals surface area contributed by atoms with Crippen molar-refractivity contribution in [2.75, 3.05) is 0 Å². The average molecular weight is 248 g/mol. The summed E-state index contributed by atoms with van der Waals surface area (Å²) in [6.07, 6.45) is 5.33. The van der Waals surface area contributed by atoms with E-state index in [0.717, 1.165) is 11.1 Å². The van der Waals surface area contributed by atoms with Gasteiger partial charge < -0.3 is 4.42 Å². The molecule has 0 radical (unpaired) electrons. The molecule has 0 saturated heterocycles. The second kappa shape index (κ2) is 3.89. The Morgan fingerprint density at radius 1 is 1.35 bits per heavy atom. The van der Waals surface area contributed by atoms with Gasteiger partial charge in [0.15, 0.2) is 5.76 Å². The second-order valence-corrected chi connectivity index (χ2v) is 4.42.